The van der Waals surface area contributed by atoms with Crippen molar-refractivity contribution in [3.05, 3.63) is 41.8 Å². The first-order valence-corrected chi connectivity index (χ1v) is 7.08. The monoisotopic (exact) mass is 307 g/mol. The van der Waals surface area contributed by atoms with Crippen LogP contribution in [0.5, 0.6) is 0 Å². The van der Waals surface area contributed by atoms with E-state index in [-0.39, 0.29) is 24.5 Å². The molecular weight excluding hydrogens is 290 g/mol. The molecule has 0 aliphatic rings. The number of carbonyl (C=O) groups is 1. The molecule has 0 radical (unpaired) electrons. The number of hydrogen-bond acceptors (Lipinski definition) is 4. The van der Waals surface area contributed by atoms with Gasteiger partial charge in [-0.3, -0.25) is 9.48 Å². The van der Waals surface area contributed by atoms with E-state index >= 15 is 0 Å². The van der Waals surface area contributed by atoms with Crippen LogP contribution in [0.3, 0.4) is 0 Å². The minimum absolute atomic E-state index is 0.105. The number of hydrogen-bond donors (Lipinski definition) is 2. The maximum atomic E-state index is 11.8. The first-order chi connectivity index (χ1) is 10.1. The van der Waals surface area contributed by atoms with Crippen molar-refractivity contribution in [2.24, 2.45) is 0 Å². The van der Waals surface area contributed by atoms with E-state index < -0.39 is 0 Å². The van der Waals surface area contributed by atoms with Gasteiger partial charge >= 0.3 is 0 Å². The molecule has 0 bridgehead atoms. The van der Waals surface area contributed by atoms with E-state index in [1.165, 1.54) is 6.20 Å². The van der Waals surface area contributed by atoms with Crippen LogP contribution in [-0.4, -0.2) is 33.3 Å². The normalized spacial score (nSPS) is 13.7. The molecule has 0 unspecified atom stereocenters. The molecule has 2 rings (SSSR count). The standard InChI is InChI=1S/C14H18ClN5O/c1-10(11(2)20-7-3-6-18-20)16-9-14(21)19-13-5-4-12(15)8-17-13/h3-8,10-11,16H,9H2,1-2H3,(H,17,19,21)/t10-,11-/m0/s1. The molecule has 2 aromatic heterocycles. The van der Waals surface area contributed by atoms with Crippen LogP contribution in [0.4, 0.5) is 5.82 Å². The van der Waals surface area contributed by atoms with E-state index in [0.29, 0.717) is 10.8 Å². The van der Waals surface area contributed by atoms with Gasteiger partial charge in [0, 0.05) is 24.6 Å². The molecule has 0 saturated carbocycles. The number of aromatic nitrogens is 3. The van der Waals surface area contributed by atoms with Gasteiger partial charge in [-0.05, 0) is 32.0 Å². The Hall–Kier alpha value is -1.92. The van der Waals surface area contributed by atoms with E-state index in [0.717, 1.165) is 0 Å². The summed E-state index contributed by atoms with van der Waals surface area (Å²) >= 11 is 5.74. The summed E-state index contributed by atoms with van der Waals surface area (Å²) in [6.45, 7) is 4.26. The lowest BCUT2D eigenvalue weighted by Crippen LogP contribution is -2.39. The summed E-state index contributed by atoms with van der Waals surface area (Å²) in [7, 11) is 0. The van der Waals surface area contributed by atoms with Crippen LogP contribution in [0, 0.1) is 0 Å². The fraction of sp³-hybridized carbons (Fsp3) is 0.357. The number of rotatable bonds is 6. The molecule has 1 amide bonds. The van der Waals surface area contributed by atoms with Crippen LogP contribution >= 0.6 is 11.6 Å². The van der Waals surface area contributed by atoms with Crippen molar-refractivity contribution in [2.75, 3.05) is 11.9 Å². The minimum atomic E-state index is -0.149. The number of nitrogens with one attached hydrogen (secondary N) is 2. The molecule has 112 valence electrons. The second-order valence-electron chi connectivity index (χ2n) is 4.81. The predicted molar refractivity (Wildman–Crippen MR) is 82.3 cm³/mol. The molecule has 7 heteroatoms. The minimum Gasteiger partial charge on any atom is -0.310 e. The van der Waals surface area contributed by atoms with Gasteiger partial charge in [0.1, 0.15) is 5.82 Å². The van der Waals surface area contributed by atoms with Gasteiger partial charge in [-0.2, -0.15) is 5.10 Å². The molecule has 0 aliphatic heterocycles. The smallest absolute Gasteiger partial charge is 0.239 e. The molecule has 0 saturated heterocycles. The van der Waals surface area contributed by atoms with Gasteiger partial charge in [-0.15, -0.1) is 0 Å². The van der Waals surface area contributed by atoms with Crippen LogP contribution < -0.4 is 10.6 Å². The topological polar surface area (TPSA) is 71.8 Å². The quantitative estimate of drug-likeness (QED) is 0.857. The molecule has 6 nitrogen and oxygen atoms in total. The predicted octanol–water partition coefficient (Wildman–Crippen LogP) is 2.11. The van der Waals surface area contributed by atoms with Crippen LogP contribution in [0.15, 0.2) is 36.8 Å². The zero-order valence-corrected chi connectivity index (χ0v) is 12.7. The zero-order valence-electron chi connectivity index (χ0n) is 12.0. The van der Waals surface area contributed by atoms with E-state index in [2.05, 4.69) is 20.7 Å². The Morgan fingerprint density at radius 1 is 1.43 bits per heavy atom. The third kappa shape index (κ3) is 4.54. The van der Waals surface area contributed by atoms with Gasteiger partial charge in [-0.25, -0.2) is 4.98 Å². The summed E-state index contributed by atoms with van der Waals surface area (Å²) in [6.07, 6.45) is 5.13. The highest BCUT2D eigenvalue weighted by Crippen LogP contribution is 2.10. The molecule has 0 fully saturated rings. The van der Waals surface area contributed by atoms with E-state index in [1.807, 2.05) is 30.8 Å². The van der Waals surface area contributed by atoms with Crippen molar-refractivity contribution in [1.82, 2.24) is 20.1 Å². The summed E-state index contributed by atoms with van der Waals surface area (Å²) in [5, 5.41) is 10.6. The van der Waals surface area contributed by atoms with Crippen LogP contribution in [0.25, 0.3) is 0 Å². The highest BCUT2D eigenvalue weighted by Gasteiger charge is 2.14. The fourth-order valence-electron chi connectivity index (χ4n) is 1.81. The summed E-state index contributed by atoms with van der Waals surface area (Å²) in [5.41, 5.74) is 0. The van der Waals surface area contributed by atoms with Gasteiger partial charge in [-0.1, -0.05) is 11.6 Å². The van der Waals surface area contributed by atoms with Crippen molar-refractivity contribution in [3.8, 4) is 0 Å². The molecule has 2 aromatic rings. The van der Waals surface area contributed by atoms with Crippen molar-refractivity contribution in [2.45, 2.75) is 25.9 Å². The van der Waals surface area contributed by atoms with E-state index in [1.54, 1.807) is 18.3 Å². The fourth-order valence-corrected chi connectivity index (χ4v) is 1.92. The highest BCUT2D eigenvalue weighted by atomic mass is 35.5. The Kier molecular flexibility index (Phi) is 5.30. The van der Waals surface area contributed by atoms with Crippen molar-refractivity contribution < 1.29 is 4.79 Å². The van der Waals surface area contributed by atoms with Crippen LogP contribution in [0.2, 0.25) is 5.02 Å². The Morgan fingerprint density at radius 3 is 2.86 bits per heavy atom. The number of anilines is 1. The molecule has 2 N–H and O–H groups in total. The van der Waals surface area contributed by atoms with Gasteiger partial charge in [0.25, 0.3) is 0 Å². The van der Waals surface area contributed by atoms with Gasteiger partial charge < -0.3 is 10.6 Å². The second-order valence-corrected chi connectivity index (χ2v) is 5.24. The maximum absolute atomic E-state index is 11.8. The first-order valence-electron chi connectivity index (χ1n) is 6.70. The van der Waals surface area contributed by atoms with Gasteiger partial charge in [0.05, 0.1) is 17.6 Å². The highest BCUT2D eigenvalue weighted by molar-refractivity contribution is 6.30. The van der Waals surface area contributed by atoms with E-state index in [4.69, 9.17) is 11.6 Å². The molecule has 2 heterocycles. The average molecular weight is 308 g/mol. The maximum Gasteiger partial charge on any atom is 0.239 e. The lowest BCUT2D eigenvalue weighted by atomic mass is 10.2. The number of nitrogens with zero attached hydrogens (tertiary/aromatic N) is 3. The summed E-state index contributed by atoms with van der Waals surface area (Å²) in [5.74, 6) is 0.336. The molecule has 0 aliphatic carbocycles. The molecule has 0 aromatic carbocycles. The number of pyridine rings is 1. The summed E-state index contributed by atoms with van der Waals surface area (Å²) in [6, 6.07) is 5.48. The van der Waals surface area contributed by atoms with Crippen molar-refractivity contribution >= 4 is 23.3 Å². The van der Waals surface area contributed by atoms with Crippen LogP contribution in [0.1, 0.15) is 19.9 Å². The van der Waals surface area contributed by atoms with Crippen molar-refractivity contribution in [3.63, 3.8) is 0 Å². The number of carbonyl (C=O) groups excluding carboxylic acids is 1. The molecular formula is C14H18ClN5O. The number of halogens is 1. The Labute approximate surface area is 128 Å². The average Bonchev–Trinajstić information content (AvgIpc) is 3.00. The molecule has 21 heavy (non-hydrogen) atoms. The van der Waals surface area contributed by atoms with Gasteiger partial charge in [0.15, 0.2) is 0 Å². The lowest BCUT2D eigenvalue weighted by molar-refractivity contribution is -0.115. The SMILES string of the molecule is C[C@H](NCC(=O)Nc1ccc(Cl)cn1)[C@H](C)n1cccn1. The third-order valence-corrected chi connectivity index (χ3v) is 3.47. The van der Waals surface area contributed by atoms with Crippen LogP contribution in [-0.2, 0) is 4.79 Å². The lowest BCUT2D eigenvalue weighted by Gasteiger charge is -2.21. The summed E-state index contributed by atoms with van der Waals surface area (Å²) in [4.78, 5) is 15.9. The first kappa shape index (κ1) is 15.5. The van der Waals surface area contributed by atoms with Crippen molar-refractivity contribution in [1.29, 1.82) is 0 Å². The molecule has 0 spiro atoms. The Bertz CT molecular complexity index is 570. The number of amides is 1. The summed E-state index contributed by atoms with van der Waals surface area (Å²) < 4.78 is 1.86. The largest absolute Gasteiger partial charge is 0.310 e. The third-order valence-electron chi connectivity index (χ3n) is 3.25. The zero-order chi connectivity index (χ0) is 15.2. The molecule has 2 atom stereocenters. The Morgan fingerprint density at radius 2 is 2.24 bits per heavy atom. The van der Waals surface area contributed by atoms with Gasteiger partial charge in [0.2, 0.25) is 5.91 Å². The second kappa shape index (κ2) is 7.19. The Balaban J connectivity index is 1.79. The van der Waals surface area contributed by atoms with E-state index in [9.17, 15) is 4.79 Å².